The van der Waals surface area contributed by atoms with Crippen LogP contribution in [0, 0.1) is 23.7 Å². The molecule has 4 aliphatic rings. The molecule has 0 N–H and O–H groups in total. The second kappa shape index (κ2) is 6.48. The highest BCUT2D eigenvalue weighted by Gasteiger charge is 2.50. The number of carbonyl (C=O) groups is 1. The highest BCUT2D eigenvalue weighted by atomic mass is 32.1. The molecule has 4 saturated carbocycles. The summed E-state index contributed by atoms with van der Waals surface area (Å²) >= 11 is 1.59. The summed E-state index contributed by atoms with van der Waals surface area (Å²) in [5.41, 5.74) is 0. The fourth-order valence-corrected chi connectivity index (χ4v) is 6.60. The molecule has 0 aromatic carbocycles. The third kappa shape index (κ3) is 2.88. The number of hydrogen-bond donors (Lipinski definition) is 0. The number of thiophene rings is 1. The Morgan fingerprint density at radius 2 is 1.96 bits per heavy atom. The lowest BCUT2D eigenvalue weighted by Gasteiger charge is -2.56. The fraction of sp³-hybridized carbons (Fsp3) is 0.650. The summed E-state index contributed by atoms with van der Waals surface area (Å²) < 4.78 is 5.33. The largest absolute Gasteiger partial charge is 0.342 e. The van der Waals surface area contributed by atoms with Crippen LogP contribution in [0.1, 0.15) is 44.4 Å². The van der Waals surface area contributed by atoms with Gasteiger partial charge in [0.2, 0.25) is 17.6 Å². The molecular formula is C20H25N3O2S. The Labute approximate surface area is 157 Å². The predicted octanol–water partition coefficient (Wildman–Crippen LogP) is 4.01. The molecule has 0 radical (unpaired) electrons. The first-order chi connectivity index (χ1) is 12.7. The van der Waals surface area contributed by atoms with Crippen molar-refractivity contribution >= 4 is 17.2 Å². The quantitative estimate of drug-likeness (QED) is 0.797. The highest BCUT2D eigenvalue weighted by molar-refractivity contribution is 7.13. The molecular weight excluding hydrogens is 346 g/mol. The monoisotopic (exact) mass is 371 g/mol. The van der Waals surface area contributed by atoms with Gasteiger partial charge in [0.05, 0.1) is 4.88 Å². The molecule has 1 amide bonds. The summed E-state index contributed by atoms with van der Waals surface area (Å²) in [6.07, 6.45) is 7.76. The van der Waals surface area contributed by atoms with E-state index in [0.29, 0.717) is 30.6 Å². The Balaban J connectivity index is 1.21. The third-order valence-corrected chi connectivity index (χ3v) is 7.65. The maximum absolute atomic E-state index is 12.8. The standard InChI is InChI=1S/C20H25N3O2S/c1-23(19-14-8-12-7-13(10-14)11-15(19)9-12)18(24)5-4-17-21-20(22-25-17)16-3-2-6-26-16/h2-3,6,12-15,19H,4-5,7-11H2,1H3. The molecule has 0 unspecified atom stereocenters. The van der Waals surface area contributed by atoms with Crippen molar-refractivity contribution in [3.8, 4) is 10.7 Å². The third-order valence-electron chi connectivity index (χ3n) is 6.78. The highest BCUT2D eigenvalue weighted by Crippen LogP contribution is 2.55. The van der Waals surface area contributed by atoms with E-state index in [-0.39, 0.29) is 5.91 Å². The van der Waals surface area contributed by atoms with E-state index in [1.54, 1.807) is 11.3 Å². The molecule has 2 aromatic heterocycles. The van der Waals surface area contributed by atoms with Crippen molar-refractivity contribution in [2.75, 3.05) is 7.05 Å². The van der Waals surface area contributed by atoms with Crippen LogP contribution in [-0.2, 0) is 11.2 Å². The molecule has 0 spiro atoms. The molecule has 2 heterocycles. The lowest BCUT2D eigenvalue weighted by atomic mass is 9.54. The number of aryl methyl sites for hydroxylation is 1. The van der Waals surface area contributed by atoms with Gasteiger partial charge in [0.15, 0.2) is 0 Å². The zero-order valence-corrected chi connectivity index (χ0v) is 16.0. The predicted molar refractivity (Wildman–Crippen MR) is 99.5 cm³/mol. The van der Waals surface area contributed by atoms with Gasteiger partial charge in [-0.25, -0.2) is 0 Å². The van der Waals surface area contributed by atoms with E-state index in [0.717, 1.165) is 28.5 Å². The molecule has 2 aromatic rings. The normalized spacial score (nSPS) is 32.1. The van der Waals surface area contributed by atoms with Crippen LogP contribution in [0.3, 0.4) is 0 Å². The van der Waals surface area contributed by atoms with Crippen LogP contribution in [0.15, 0.2) is 22.0 Å². The van der Waals surface area contributed by atoms with E-state index in [9.17, 15) is 4.79 Å². The van der Waals surface area contributed by atoms with Crippen molar-refractivity contribution in [2.45, 2.75) is 51.0 Å². The van der Waals surface area contributed by atoms with Gasteiger partial charge < -0.3 is 9.42 Å². The first kappa shape index (κ1) is 16.5. The summed E-state index contributed by atoms with van der Waals surface area (Å²) in [7, 11) is 2.01. The van der Waals surface area contributed by atoms with Gasteiger partial charge in [0, 0.05) is 25.9 Å². The molecule has 6 rings (SSSR count). The van der Waals surface area contributed by atoms with Crippen molar-refractivity contribution in [1.29, 1.82) is 0 Å². The summed E-state index contributed by atoms with van der Waals surface area (Å²) in [5, 5.41) is 6.03. The van der Waals surface area contributed by atoms with Crippen LogP contribution in [0.25, 0.3) is 10.7 Å². The number of carbonyl (C=O) groups excluding carboxylic acids is 1. The number of aromatic nitrogens is 2. The maximum Gasteiger partial charge on any atom is 0.227 e. The minimum absolute atomic E-state index is 0.221. The van der Waals surface area contributed by atoms with Gasteiger partial charge in [-0.15, -0.1) is 11.3 Å². The first-order valence-electron chi connectivity index (χ1n) is 9.79. The molecule has 4 fully saturated rings. The first-order valence-corrected chi connectivity index (χ1v) is 10.7. The summed E-state index contributed by atoms with van der Waals surface area (Å²) in [6, 6.07) is 4.41. The van der Waals surface area contributed by atoms with Crippen LogP contribution < -0.4 is 0 Å². The molecule has 0 saturated heterocycles. The average molecular weight is 372 g/mol. The van der Waals surface area contributed by atoms with E-state index in [2.05, 4.69) is 15.0 Å². The van der Waals surface area contributed by atoms with E-state index in [1.165, 1.54) is 32.1 Å². The summed E-state index contributed by atoms with van der Waals surface area (Å²) in [5.74, 6) is 4.73. The van der Waals surface area contributed by atoms with Crippen LogP contribution >= 0.6 is 11.3 Å². The van der Waals surface area contributed by atoms with Crippen molar-refractivity contribution < 1.29 is 9.32 Å². The van der Waals surface area contributed by atoms with Crippen molar-refractivity contribution in [1.82, 2.24) is 15.0 Å². The Bertz CT molecular complexity index is 757. The average Bonchev–Trinajstić information content (AvgIpc) is 3.30. The molecule has 0 aliphatic heterocycles. The number of rotatable bonds is 5. The van der Waals surface area contributed by atoms with E-state index >= 15 is 0 Å². The van der Waals surface area contributed by atoms with Gasteiger partial charge >= 0.3 is 0 Å². The molecule has 4 aliphatic carbocycles. The zero-order chi connectivity index (χ0) is 17.7. The summed E-state index contributed by atoms with van der Waals surface area (Å²) in [6.45, 7) is 0. The van der Waals surface area contributed by atoms with Gasteiger partial charge in [-0.2, -0.15) is 4.98 Å². The molecule has 6 heteroatoms. The topological polar surface area (TPSA) is 59.2 Å². The zero-order valence-electron chi connectivity index (χ0n) is 15.1. The van der Waals surface area contributed by atoms with E-state index in [4.69, 9.17) is 4.52 Å². The second-order valence-electron chi connectivity index (χ2n) is 8.41. The Morgan fingerprint density at radius 1 is 1.23 bits per heavy atom. The molecule has 26 heavy (non-hydrogen) atoms. The Morgan fingerprint density at radius 3 is 2.62 bits per heavy atom. The van der Waals surface area contributed by atoms with E-state index in [1.807, 2.05) is 24.6 Å². The maximum atomic E-state index is 12.8. The van der Waals surface area contributed by atoms with Gasteiger partial charge in [-0.1, -0.05) is 11.2 Å². The molecule has 138 valence electrons. The molecule has 4 bridgehead atoms. The van der Waals surface area contributed by atoms with Crippen LogP contribution in [0.2, 0.25) is 0 Å². The minimum atomic E-state index is 0.221. The van der Waals surface area contributed by atoms with Crippen LogP contribution in [0.5, 0.6) is 0 Å². The number of amides is 1. The molecule has 0 atom stereocenters. The Kier molecular flexibility index (Phi) is 4.11. The van der Waals surface area contributed by atoms with Crippen LogP contribution in [0.4, 0.5) is 0 Å². The Hall–Kier alpha value is -1.69. The smallest absolute Gasteiger partial charge is 0.227 e. The fourth-order valence-electron chi connectivity index (χ4n) is 5.95. The SMILES string of the molecule is CN(C(=O)CCc1nc(-c2cccs2)no1)C1C2CC3CC(C2)CC1C3. The van der Waals surface area contributed by atoms with Gasteiger partial charge in [0.25, 0.3) is 0 Å². The minimum Gasteiger partial charge on any atom is -0.342 e. The van der Waals surface area contributed by atoms with Crippen molar-refractivity contribution in [2.24, 2.45) is 23.7 Å². The summed E-state index contributed by atoms with van der Waals surface area (Å²) in [4.78, 5) is 20.3. The number of hydrogen-bond acceptors (Lipinski definition) is 5. The molecule has 5 nitrogen and oxygen atoms in total. The van der Waals surface area contributed by atoms with Crippen molar-refractivity contribution in [3.63, 3.8) is 0 Å². The van der Waals surface area contributed by atoms with Gasteiger partial charge in [-0.3, -0.25) is 4.79 Å². The van der Waals surface area contributed by atoms with Gasteiger partial charge in [-0.05, 0) is 67.2 Å². The number of nitrogens with zero attached hydrogens (tertiary/aromatic N) is 3. The lowest BCUT2D eigenvalue weighted by Crippen LogP contribution is -2.56. The van der Waals surface area contributed by atoms with E-state index < -0.39 is 0 Å². The van der Waals surface area contributed by atoms with Gasteiger partial charge in [0.1, 0.15) is 0 Å². The second-order valence-corrected chi connectivity index (χ2v) is 9.36. The van der Waals surface area contributed by atoms with Crippen molar-refractivity contribution in [3.05, 3.63) is 23.4 Å². The lowest BCUT2D eigenvalue weighted by molar-refractivity contribution is -0.141. The van der Waals surface area contributed by atoms with Crippen LogP contribution in [-0.4, -0.2) is 34.0 Å².